The molecule has 1 aliphatic rings. The lowest BCUT2D eigenvalue weighted by atomic mass is 9.92. The Kier molecular flexibility index (Phi) is 4.35. The van der Waals surface area contributed by atoms with Crippen LogP contribution in [0.1, 0.15) is 36.8 Å². The first-order valence-electron chi connectivity index (χ1n) is 7.67. The average molecular weight is 346 g/mol. The normalized spacial score (nSPS) is 12.8. The summed E-state index contributed by atoms with van der Waals surface area (Å²) in [6.45, 7) is 5.60. The van der Waals surface area contributed by atoms with Gasteiger partial charge in [-0.05, 0) is 18.2 Å². The summed E-state index contributed by atoms with van der Waals surface area (Å²) < 4.78 is 20.4. The molecule has 0 fully saturated rings. The van der Waals surface area contributed by atoms with E-state index in [1.807, 2.05) is 20.8 Å². The van der Waals surface area contributed by atoms with Crippen molar-refractivity contribution in [3.8, 4) is 11.5 Å². The van der Waals surface area contributed by atoms with Gasteiger partial charge in [-0.25, -0.2) is 4.79 Å². The molecule has 0 atom stereocenters. The summed E-state index contributed by atoms with van der Waals surface area (Å²) in [4.78, 5) is 23.9. The average Bonchev–Trinajstić information content (AvgIpc) is 3.20. The van der Waals surface area contributed by atoms with Crippen molar-refractivity contribution in [2.24, 2.45) is 0 Å². The van der Waals surface area contributed by atoms with Gasteiger partial charge in [0.2, 0.25) is 12.7 Å². The Morgan fingerprint density at radius 1 is 1.20 bits per heavy atom. The van der Waals surface area contributed by atoms with E-state index in [1.54, 1.807) is 18.2 Å². The van der Waals surface area contributed by atoms with Crippen LogP contribution in [0.15, 0.2) is 28.8 Å². The molecule has 0 saturated heterocycles. The van der Waals surface area contributed by atoms with Gasteiger partial charge in [0.15, 0.2) is 18.1 Å². The van der Waals surface area contributed by atoms with E-state index in [4.69, 9.17) is 18.7 Å². The van der Waals surface area contributed by atoms with Crippen LogP contribution in [0, 0.1) is 0 Å². The second-order valence-electron chi connectivity index (χ2n) is 6.52. The Morgan fingerprint density at radius 2 is 1.96 bits per heavy atom. The number of aromatic nitrogens is 1. The van der Waals surface area contributed by atoms with E-state index in [9.17, 15) is 9.59 Å². The number of rotatable bonds is 4. The third kappa shape index (κ3) is 3.90. The largest absolute Gasteiger partial charge is 0.454 e. The Morgan fingerprint density at radius 3 is 2.68 bits per heavy atom. The first-order valence-corrected chi connectivity index (χ1v) is 7.67. The lowest BCUT2D eigenvalue weighted by molar-refractivity contribution is -0.119. The van der Waals surface area contributed by atoms with E-state index in [0.29, 0.717) is 17.2 Å². The van der Waals surface area contributed by atoms with Crippen LogP contribution in [0.4, 0.5) is 5.88 Å². The van der Waals surface area contributed by atoms with E-state index in [0.717, 1.165) is 0 Å². The van der Waals surface area contributed by atoms with Crippen molar-refractivity contribution in [1.29, 1.82) is 0 Å². The van der Waals surface area contributed by atoms with Crippen LogP contribution >= 0.6 is 0 Å². The van der Waals surface area contributed by atoms with E-state index in [1.165, 1.54) is 6.07 Å². The van der Waals surface area contributed by atoms with Crippen molar-refractivity contribution in [2.75, 3.05) is 18.7 Å². The molecular weight excluding hydrogens is 328 g/mol. The van der Waals surface area contributed by atoms with Gasteiger partial charge in [0.05, 0.1) is 11.3 Å². The standard InChI is InChI=1S/C17H18N2O6/c1-17(2,3)13-7-15(25-19-13)18-14(20)8-22-16(21)10-4-5-11-12(6-10)24-9-23-11/h4-7H,8-9H2,1-3H3,(H,18,20). The van der Waals surface area contributed by atoms with Crippen LogP contribution in [0.5, 0.6) is 11.5 Å². The topological polar surface area (TPSA) is 99.9 Å². The maximum Gasteiger partial charge on any atom is 0.338 e. The molecule has 25 heavy (non-hydrogen) atoms. The van der Waals surface area contributed by atoms with E-state index in [2.05, 4.69) is 10.5 Å². The third-order valence-electron chi connectivity index (χ3n) is 3.48. The number of anilines is 1. The highest BCUT2D eigenvalue weighted by molar-refractivity contribution is 5.95. The number of nitrogens with zero attached hydrogens (tertiary/aromatic N) is 1. The zero-order valence-corrected chi connectivity index (χ0v) is 14.1. The number of amides is 1. The quantitative estimate of drug-likeness (QED) is 0.849. The molecule has 3 rings (SSSR count). The molecule has 0 radical (unpaired) electrons. The first kappa shape index (κ1) is 16.8. The summed E-state index contributed by atoms with van der Waals surface area (Å²) in [7, 11) is 0. The van der Waals surface area contributed by atoms with E-state index < -0.39 is 18.5 Å². The van der Waals surface area contributed by atoms with Crippen molar-refractivity contribution in [1.82, 2.24) is 5.16 Å². The molecule has 1 aromatic heterocycles. The molecule has 2 heterocycles. The highest BCUT2D eigenvalue weighted by Crippen LogP contribution is 2.32. The number of ether oxygens (including phenoxy) is 3. The maximum atomic E-state index is 12.0. The SMILES string of the molecule is CC(C)(C)c1cc(NC(=O)COC(=O)c2ccc3c(c2)OCO3)on1. The molecule has 0 spiro atoms. The van der Waals surface area contributed by atoms with Crippen molar-refractivity contribution in [2.45, 2.75) is 26.2 Å². The number of hydrogen-bond acceptors (Lipinski definition) is 7. The fourth-order valence-corrected chi connectivity index (χ4v) is 2.10. The smallest absolute Gasteiger partial charge is 0.338 e. The van der Waals surface area contributed by atoms with Crippen molar-refractivity contribution >= 4 is 17.8 Å². The van der Waals surface area contributed by atoms with Gasteiger partial charge >= 0.3 is 5.97 Å². The third-order valence-corrected chi connectivity index (χ3v) is 3.48. The fourth-order valence-electron chi connectivity index (χ4n) is 2.10. The molecule has 8 heteroatoms. The van der Waals surface area contributed by atoms with Crippen molar-refractivity contribution in [3.63, 3.8) is 0 Å². The summed E-state index contributed by atoms with van der Waals surface area (Å²) in [6.07, 6.45) is 0. The molecule has 0 bridgehead atoms. The van der Waals surface area contributed by atoms with Crippen molar-refractivity contribution in [3.05, 3.63) is 35.5 Å². The molecule has 1 N–H and O–H groups in total. The van der Waals surface area contributed by atoms with Gasteiger partial charge in [-0.1, -0.05) is 25.9 Å². The van der Waals surface area contributed by atoms with Gasteiger partial charge in [-0.15, -0.1) is 0 Å². The van der Waals surface area contributed by atoms with Crippen LogP contribution in [0.25, 0.3) is 0 Å². The zero-order chi connectivity index (χ0) is 18.0. The summed E-state index contributed by atoms with van der Waals surface area (Å²) >= 11 is 0. The van der Waals surface area contributed by atoms with Crippen LogP contribution in [-0.2, 0) is 14.9 Å². The molecule has 1 aromatic carbocycles. The van der Waals surface area contributed by atoms with Crippen LogP contribution in [-0.4, -0.2) is 30.4 Å². The summed E-state index contributed by atoms with van der Waals surface area (Å²) in [5, 5.41) is 6.39. The van der Waals surface area contributed by atoms with E-state index in [-0.39, 0.29) is 23.7 Å². The Bertz CT molecular complexity index is 806. The second kappa shape index (κ2) is 6.46. The lowest BCUT2D eigenvalue weighted by Gasteiger charge is -2.12. The number of benzene rings is 1. The molecule has 0 unspecified atom stereocenters. The Hall–Kier alpha value is -3.03. The number of fused-ring (bicyclic) bond motifs is 1. The highest BCUT2D eigenvalue weighted by atomic mass is 16.7. The summed E-state index contributed by atoms with van der Waals surface area (Å²) in [6, 6.07) is 6.30. The van der Waals surface area contributed by atoms with Gasteiger partial charge in [-0.3, -0.25) is 10.1 Å². The lowest BCUT2D eigenvalue weighted by Crippen LogP contribution is -2.20. The number of carbonyl (C=O) groups excluding carboxylic acids is 2. The number of nitrogens with one attached hydrogen (secondary N) is 1. The maximum absolute atomic E-state index is 12.0. The molecular formula is C17H18N2O6. The van der Waals surface area contributed by atoms with Crippen LogP contribution < -0.4 is 14.8 Å². The number of hydrogen-bond donors (Lipinski definition) is 1. The summed E-state index contributed by atoms with van der Waals surface area (Å²) in [5.74, 6) is 0.0747. The predicted octanol–water partition coefficient (Wildman–Crippen LogP) is 2.50. The van der Waals surface area contributed by atoms with Crippen molar-refractivity contribution < 1.29 is 28.3 Å². The Balaban J connectivity index is 1.53. The first-order chi connectivity index (χ1) is 11.8. The predicted molar refractivity (Wildman–Crippen MR) is 86.7 cm³/mol. The highest BCUT2D eigenvalue weighted by Gasteiger charge is 2.21. The Labute approximate surface area is 144 Å². The number of carbonyl (C=O) groups is 2. The zero-order valence-electron chi connectivity index (χ0n) is 14.1. The molecule has 8 nitrogen and oxygen atoms in total. The second-order valence-corrected chi connectivity index (χ2v) is 6.52. The minimum Gasteiger partial charge on any atom is -0.454 e. The molecule has 2 aromatic rings. The molecule has 0 aliphatic carbocycles. The molecule has 132 valence electrons. The minimum atomic E-state index is -0.638. The van der Waals surface area contributed by atoms with Crippen LogP contribution in [0.2, 0.25) is 0 Å². The van der Waals surface area contributed by atoms with Gasteiger partial charge in [0, 0.05) is 11.5 Å². The van der Waals surface area contributed by atoms with Gasteiger partial charge in [-0.2, -0.15) is 0 Å². The van der Waals surface area contributed by atoms with E-state index >= 15 is 0 Å². The van der Waals surface area contributed by atoms with Crippen LogP contribution in [0.3, 0.4) is 0 Å². The molecule has 1 aliphatic heterocycles. The molecule has 1 amide bonds. The van der Waals surface area contributed by atoms with Gasteiger partial charge < -0.3 is 18.7 Å². The monoisotopic (exact) mass is 346 g/mol. The fraction of sp³-hybridized carbons (Fsp3) is 0.353. The minimum absolute atomic E-state index is 0.115. The summed E-state index contributed by atoms with van der Waals surface area (Å²) in [5.41, 5.74) is 0.782. The van der Waals surface area contributed by atoms with Gasteiger partial charge in [0.25, 0.3) is 5.91 Å². The number of esters is 1. The van der Waals surface area contributed by atoms with Gasteiger partial charge in [0.1, 0.15) is 0 Å². The molecule has 0 saturated carbocycles.